The van der Waals surface area contributed by atoms with E-state index < -0.39 is 11.9 Å². The maximum Gasteiger partial charge on any atom is 0.414 e. The number of ether oxygens (including phenoxy) is 2. The van der Waals surface area contributed by atoms with Crippen molar-refractivity contribution in [3.05, 3.63) is 0 Å². The highest BCUT2D eigenvalue weighted by Gasteiger charge is 2.51. The van der Waals surface area contributed by atoms with Crippen LogP contribution < -0.4 is 10.6 Å². The van der Waals surface area contributed by atoms with E-state index in [2.05, 4.69) is 10.6 Å². The fourth-order valence-electron chi connectivity index (χ4n) is 4.63. The Balaban J connectivity index is 0.000000208. The summed E-state index contributed by atoms with van der Waals surface area (Å²) in [5.41, 5.74) is -0.634. The van der Waals surface area contributed by atoms with Crippen LogP contribution in [-0.2, 0) is 19.1 Å². The van der Waals surface area contributed by atoms with Crippen LogP contribution in [0, 0.1) is 0 Å². The third-order valence-corrected chi connectivity index (χ3v) is 6.60. The van der Waals surface area contributed by atoms with Crippen LogP contribution in [0.3, 0.4) is 0 Å². The summed E-state index contributed by atoms with van der Waals surface area (Å²) in [5.74, 6) is -3.65. The molecule has 0 aromatic carbocycles. The molecule has 2 amide bonds. The quantitative estimate of drug-likeness (QED) is 0.352. The van der Waals surface area contributed by atoms with E-state index in [0.29, 0.717) is 0 Å². The monoisotopic (exact) mass is 514 g/mol. The second kappa shape index (κ2) is 11.2. The minimum Gasteiger partial charge on any atom is -0.473 e. The third kappa shape index (κ3) is 7.70. The van der Waals surface area contributed by atoms with E-state index in [1.807, 2.05) is 51.3 Å². The fraction of sp³-hybridized carbons (Fsp3) is 0.833. The van der Waals surface area contributed by atoms with Crippen LogP contribution >= 0.6 is 0 Å². The van der Waals surface area contributed by atoms with Crippen molar-refractivity contribution >= 4 is 24.1 Å². The van der Waals surface area contributed by atoms with E-state index in [-0.39, 0.29) is 34.5 Å². The summed E-state index contributed by atoms with van der Waals surface area (Å²) >= 11 is 0. The number of hydrogen-bond acceptors (Lipinski definition) is 8. The summed E-state index contributed by atoms with van der Waals surface area (Å²) in [6.07, 6.45) is 4.03. The van der Waals surface area contributed by atoms with E-state index >= 15 is 0 Å². The van der Waals surface area contributed by atoms with Crippen molar-refractivity contribution in [3.63, 3.8) is 0 Å². The molecular weight excluding hydrogens is 472 g/mol. The summed E-state index contributed by atoms with van der Waals surface area (Å²) in [6, 6.07) is 0. The lowest BCUT2D eigenvalue weighted by Gasteiger charge is -2.50. The molecule has 4 heterocycles. The Morgan fingerprint density at radius 2 is 1.00 bits per heavy atom. The van der Waals surface area contributed by atoms with Gasteiger partial charge in [0.1, 0.15) is 11.2 Å². The van der Waals surface area contributed by atoms with E-state index in [0.717, 1.165) is 65.0 Å². The topological polar surface area (TPSA) is 158 Å². The SMILES string of the molecule is CC(C)(C)OC(=O)N1CCC12CCNC2.CC(C)(C)OC(=O)N1CCC12CCNC2.O=C(O)C(=O)O. The number of carboxylic acids is 2. The first-order chi connectivity index (χ1) is 16.5. The molecule has 206 valence electrons. The molecule has 2 atom stereocenters. The largest absolute Gasteiger partial charge is 0.473 e. The van der Waals surface area contributed by atoms with E-state index in [1.54, 1.807) is 0 Å². The molecule has 2 spiro atoms. The molecule has 0 aromatic heterocycles. The molecule has 0 bridgehead atoms. The molecule has 0 aromatic rings. The maximum atomic E-state index is 11.9. The molecule has 0 saturated carbocycles. The number of carbonyl (C=O) groups is 4. The van der Waals surface area contributed by atoms with Crippen molar-refractivity contribution in [3.8, 4) is 0 Å². The highest BCUT2D eigenvalue weighted by atomic mass is 16.6. The summed E-state index contributed by atoms with van der Waals surface area (Å²) in [6.45, 7) is 17.0. The van der Waals surface area contributed by atoms with Gasteiger partial charge in [-0.15, -0.1) is 0 Å². The zero-order valence-electron chi connectivity index (χ0n) is 22.3. The van der Waals surface area contributed by atoms with E-state index in [4.69, 9.17) is 29.3 Å². The van der Waals surface area contributed by atoms with Crippen molar-refractivity contribution in [2.75, 3.05) is 39.3 Å². The number of amides is 2. The van der Waals surface area contributed by atoms with Gasteiger partial charge in [0, 0.05) is 26.2 Å². The van der Waals surface area contributed by atoms with Gasteiger partial charge in [0.2, 0.25) is 0 Å². The van der Waals surface area contributed by atoms with Crippen LogP contribution in [0.15, 0.2) is 0 Å². The van der Waals surface area contributed by atoms with Crippen molar-refractivity contribution in [2.45, 2.75) is 89.5 Å². The van der Waals surface area contributed by atoms with Crippen LogP contribution in [0.5, 0.6) is 0 Å². The molecule has 4 saturated heterocycles. The molecule has 12 nitrogen and oxygen atoms in total. The highest BCUT2D eigenvalue weighted by molar-refractivity contribution is 6.27. The Labute approximate surface area is 212 Å². The predicted octanol–water partition coefficient (Wildman–Crippen LogP) is 1.87. The van der Waals surface area contributed by atoms with Gasteiger partial charge in [0.15, 0.2) is 0 Å². The molecule has 12 heteroatoms. The standard InChI is InChI=1S/2C11H20N2O2.C2H2O4/c2*1-10(2,3)15-9(14)13-7-5-11(13)4-6-12-8-11;3-1(4)2(5)6/h2*12H,4-8H2,1-3H3;(H,3,4)(H,5,6). The first kappa shape index (κ1) is 29.6. The number of likely N-dealkylation sites (tertiary alicyclic amines) is 2. The summed E-state index contributed by atoms with van der Waals surface area (Å²) in [7, 11) is 0. The van der Waals surface area contributed by atoms with Crippen molar-refractivity contribution in [1.29, 1.82) is 0 Å². The van der Waals surface area contributed by atoms with Crippen LogP contribution in [-0.4, -0.2) is 106 Å². The van der Waals surface area contributed by atoms with Gasteiger partial charge in [-0.05, 0) is 80.3 Å². The fourth-order valence-corrected chi connectivity index (χ4v) is 4.63. The lowest BCUT2D eigenvalue weighted by molar-refractivity contribution is -0.159. The normalized spacial score (nSPS) is 26.6. The molecule has 0 radical (unpaired) electrons. The molecule has 4 aliphatic heterocycles. The molecule has 36 heavy (non-hydrogen) atoms. The lowest BCUT2D eigenvalue weighted by Crippen LogP contribution is -2.63. The molecule has 4 N–H and O–H groups in total. The summed E-state index contributed by atoms with van der Waals surface area (Å²) < 4.78 is 10.8. The zero-order valence-corrected chi connectivity index (χ0v) is 22.3. The Morgan fingerprint density at radius 1 is 0.667 bits per heavy atom. The molecule has 4 fully saturated rings. The smallest absolute Gasteiger partial charge is 0.414 e. The summed E-state index contributed by atoms with van der Waals surface area (Å²) in [4.78, 5) is 45.7. The number of nitrogens with one attached hydrogen (secondary N) is 2. The molecule has 4 aliphatic rings. The van der Waals surface area contributed by atoms with Gasteiger partial charge in [0.25, 0.3) is 0 Å². The third-order valence-electron chi connectivity index (χ3n) is 6.60. The Hall–Kier alpha value is -2.60. The first-order valence-corrected chi connectivity index (χ1v) is 12.4. The van der Waals surface area contributed by atoms with E-state index in [1.165, 1.54) is 0 Å². The van der Waals surface area contributed by atoms with Crippen molar-refractivity contribution in [2.24, 2.45) is 0 Å². The van der Waals surface area contributed by atoms with Gasteiger partial charge in [-0.25, -0.2) is 19.2 Å². The second-order valence-electron chi connectivity index (χ2n) is 11.7. The lowest BCUT2D eigenvalue weighted by atomic mass is 9.84. The van der Waals surface area contributed by atoms with Crippen molar-refractivity contribution < 1.29 is 38.9 Å². The molecular formula is C24H42N4O8. The number of nitrogens with zero attached hydrogens (tertiary/aromatic N) is 2. The van der Waals surface area contributed by atoms with Crippen LogP contribution in [0.4, 0.5) is 9.59 Å². The number of hydrogen-bond donors (Lipinski definition) is 4. The molecule has 2 unspecified atom stereocenters. The average molecular weight is 515 g/mol. The predicted molar refractivity (Wildman–Crippen MR) is 131 cm³/mol. The maximum absolute atomic E-state index is 11.9. The number of aliphatic carboxylic acids is 2. The van der Waals surface area contributed by atoms with Gasteiger partial charge in [0.05, 0.1) is 11.1 Å². The van der Waals surface area contributed by atoms with Gasteiger partial charge in [-0.2, -0.15) is 0 Å². The van der Waals surface area contributed by atoms with Crippen LogP contribution in [0.2, 0.25) is 0 Å². The first-order valence-electron chi connectivity index (χ1n) is 12.4. The number of carbonyl (C=O) groups excluding carboxylic acids is 2. The number of rotatable bonds is 0. The van der Waals surface area contributed by atoms with Crippen LogP contribution in [0.25, 0.3) is 0 Å². The highest BCUT2D eigenvalue weighted by Crippen LogP contribution is 2.37. The Morgan fingerprint density at radius 3 is 1.17 bits per heavy atom. The Bertz CT molecular complexity index is 753. The number of carboxylic acid groups (broad SMARTS) is 2. The molecule has 4 rings (SSSR count). The van der Waals surface area contributed by atoms with Gasteiger partial charge in [-0.1, -0.05) is 0 Å². The van der Waals surface area contributed by atoms with Crippen molar-refractivity contribution in [1.82, 2.24) is 20.4 Å². The minimum absolute atomic E-state index is 0.0718. The van der Waals surface area contributed by atoms with Gasteiger partial charge >= 0.3 is 24.1 Å². The Kier molecular flexibility index (Phi) is 9.22. The minimum atomic E-state index is -1.82. The zero-order chi connectivity index (χ0) is 27.4. The second-order valence-corrected chi connectivity index (χ2v) is 11.7. The van der Waals surface area contributed by atoms with E-state index in [9.17, 15) is 9.59 Å². The molecule has 0 aliphatic carbocycles. The summed E-state index contributed by atoms with van der Waals surface area (Å²) in [5, 5.41) is 21.4. The van der Waals surface area contributed by atoms with Gasteiger partial charge < -0.3 is 40.1 Å². The van der Waals surface area contributed by atoms with Crippen LogP contribution in [0.1, 0.15) is 67.2 Å². The average Bonchev–Trinajstić information content (AvgIpc) is 3.36. The van der Waals surface area contributed by atoms with Gasteiger partial charge in [-0.3, -0.25) is 0 Å².